The zero-order valence-electron chi connectivity index (χ0n) is 15.9. The van der Waals surface area contributed by atoms with Crippen molar-refractivity contribution in [3.63, 3.8) is 0 Å². The average molecular weight is 415 g/mol. The third-order valence-electron chi connectivity index (χ3n) is 4.73. The number of halogens is 1. The van der Waals surface area contributed by atoms with Crippen LogP contribution >= 0.6 is 11.6 Å². The van der Waals surface area contributed by atoms with E-state index in [-0.39, 0.29) is 24.4 Å². The van der Waals surface area contributed by atoms with Crippen molar-refractivity contribution >= 4 is 22.6 Å². The van der Waals surface area contributed by atoms with Crippen LogP contribution in [0.3, 0.4) is 0 Å². The summed E-state index contributed by atoms with van der Waals surface area (Å²) in [4.78, 5) is 21.4. The lowest BCUT2D eigenvalue weighted by atomic mass is 10.1. The fourth-order valence-electron chi connectivity index (χ4n) is 3.17. The van der Waals surface area contributed by atoms with Crippen LogP contribution in [0.25, 0.3) is 11.0 Å². The summed E-state index contributed by atoms with van der Waals surface area (Å²) >= 11 is 5.87. The van der Waals surface area contributed by atoms with Crippen molar-refractivity contribution in [1.29, 1.82) is 0 Å². The molecule has 0 bridgehead atoms. The van der Waals surface area contributed by atoms with Gasteiger partial charge in [-0.25, -0.2) is 4.98 Å². The molecule has 4 aromatic rings. The molecule has 3 aromatic heterocycles. The highest BCUT2D eigenvalue weighted by Gasteiger charge is 2.17. The van der Waals surface area contributed by atoms with Crippen LogP contribution in [0, 0.1) is 6.92 Å². The highest BCUT2D eigenvalue weighted by molar-refractivity contribution is 6.30. The molecule has 9 nitrogen and oxygen atoms in total. The Kier molecular flexibility index (Phi) is 5.16. The van der Waals surface area contributed by atoms with Gasteiger partial charge in [-0.2, -0.15) is 10.1 Å². The second kappa shape index (κ2) is 7.76. The first-order valence-electron chi connectivity index (χ1n) is 9.13. The van der Waals surface area contributed by atoms with Gasteiger partial charge in [0.05, 0.1) is 11.8 Å². The molecular formula is C19H19ClN6O3. The van der Waals surface area contributed by atoms with E-state index in [1.165, 1.54) is 10.9 Å². The molecule has 1 unspecified atom stereocenters. The third-order valence-corrected chi connectivity index (χ3v) is 4.98. The van der Waals surface area contributed by atoms with Crippen molar-refractivity contribution in [3.8, 4) is 0 Å². The molecule has 3 heterocycles. The molecule has 0 aliphatic heterocycles. The second-order valence-electron chi connectivity index (χ2n) is 6.65. The Morgan fingerprint density at radius 1 is 1.28 bits per heavy atom. The van der Waals surface area contributed by atoms with E-state index in [4.69, 9.17) is 16.1 Å². The molecule has 0 fully saturated rings. The summed E-state index contributed by atoms with van der Waals surface area (Å²) in [5.41, 5.74) is 1.68. The molecule has 0 aliphatic carbocycles. The highest BCUT2D eigenvalue weighted by atomic mass is 35.5. The van der Waals surface area contributed by atoms with Crippen LogP contribution in [-0.4, -0.2) is 34.6 Å². The van der Waals surface area contributed by atoms with Gasteiger partial charge in [0.1, 0.15) is 18.3 Å². The molecule has 1 atom stereocenters. The van der Waals surface area contributed by atoms with Gasteiger partial charge in [-0.3, -0.25) is 14.0 Å². The number of aliphatic hydroxyl groups excluding tert-OH is 1. The fourth-order valence-corrected chi connectivity index (χ4v) is 3.30. The van der Waals surface area contributed by atoms with E-state index in [9.17, 15) is 9.90 Å². The lowest BCUT2D eigenvalue weighted by molar-refractivity contribution is 0.174. The first kappa shape index (κ1) is 19.3. The number of aliphatic hydroxyl groups is 1. The SMILES string of the molecule is CCn1nc2ncn(Cc3nc(CC(O)c4ccc(Cl)cc4)no3)c(=O)c2c1C. The highest BCUT2D eigenvalue weighted by Crippen LogP contribution is 2.19. The van der Waals surface area contributed by atoms with Crippen molar-refractivity contribution in [2.24, 2.45) is 0 Å². The normalized spacial score (nSPS) is 12.6. The van der Waals surface area contributed by atoms with Crippen molar-refractivity contribution in [1.82, 2.24) is 29.5 Å². The van der Waals surface area contributed by atoms with E-state index >= 15 is 0 Å². The first-order chi connectivity index (χ1) is 14.0. The van der Waals surface area contributed by atoms with Crippen LogP contribution in [0.2, 0.25) is 5.02 Å². The standard InChI is InChI=1S/C19H19ClN6O3/c1-3-26-11(2)17-18(23-26)21-10-25(19(17)28)9-16-22-15(24-29-16)8-14(27)12-4-6-13(20)7-5-12/h4-7,10,14,27H,3,8-9H2,1-2H3. The van der Waals surface area contributed by atoms with Crippen LogP contribution in [0.15, 0.2) is 39.9 Å². The minimum atomic E-state index is -0.791. The quantitative estimate of drug-likeness (QED) is 0.515. The van der Waals surface area contributed by atoms with Gasteiger partial charge in [0.25, 0.3) is 5.56 Å². The molecule has 10 heteroatoms. The van der Waals surface area contributed by atoms with Crippen molar-refractivity contribution in [2.45, 2.75) is 39.5 Å². The lowest BCUT2D eigenvalue weighted by Gasteiger charge is -2.08. The summed E-state index contributed by atoms with van der Waals surface area (Å²) in [5.74, 6) is 0.603. The molecule has 0 saturated carbocycles. The Balaban J connectivity index is 1.53. The Morgan fingerprint density at radius 3 is 2.76 bits per heavy atom. The number of hydrogen-bond acceptors (Lipinski definition) is 7. The summed E-state index contributed by atoms with van der Waals surface area (Å²) in [6, 6.07) is 6.90. The predicted octanol–water partition coefficient (Wildman–Crippen LogP) is 2.28. The van der Waals surface area contributed by atoms with Crippen LogP contribution in [-0.2, 0) is 19.5 Å². The molecule has 0 saturated heterocycles. The smallest absolute Gasteiger partial charge is 0.265 e. The lowest BCUT2D eigenvalue weighted by Crippen LogP contribution is -2.21. The number of benzene rings is 1. The summed E-state index contributed by atoms with van der Waals surface area (Å²) in [7, 11) is 0. The molecular weight excluding hydrogens is 396 g/mol. The Bertz CT molecular complexity index is 1210. The second-order valence-corrected chi connectivity index (χ2v) is 7.09. The van der Waals surface area contributed by atoms with Crippen LogP contribution < -0.4 is 5.56 Å². The summed E-state index contributed by atoms with van der Waals surface area (Å²) in [6.07, 6.45) is 0.810. The van der Waals surface area contributed by atoms with E-state index in [2.05, 4.69) is 20.2 Å². The van der Waals surface area contributed by atoms with E-state index in [0.29, 0.717) is 34.0 Å². The van der Waals surface area contributed by atoms with Crippen LogP contribution in [0.4, 0.5) is 0 Å². The largest absolute Gasteiger partial charge is 0.388 e. The van der Waals surface area contributed by atoms with E-state index < -0.39 is 6.10 Å². The van der Waals surface area contributed by atoms with Crippen LogP contribution in [0.1, 0.15) is 36.0 Å². The minimum Gasteiger partial charge on any atom is -0.388 e. The average Bonchev–Trinajstić information content (AvgIpc) is 3.28. The molecule has 150 valence electrons. The molecule has 0 amide bonds. The van der Waals surface area contributed by atoms with Gasteiger partial charge in [-0.15, -0.1) is 0 Å². The number of nitrogens with zero attached hydrogens (tertiary/aromatic N) is 6. The number of hydrogen-bond donors (Lipinski definition) is 1. The molecule has 0 radical (unpaired) electrons. The number of aromatic nitrogens is 6. The molecule has 1 N–H and O–H groups in total. The molecule has 0 aliphatic rings. The molecule has 4 rings (SSSR count). The number of fused-ring (bicyclic) bond motifs is 1. The summed E-state index contributed by atoms with van der Waals surface area (Å²) in [6.45, 7) is 4.54. The van der Waals surface area contributed by atoms with Crippen LogP contribution in [0.5, 0.6) is 0 Å². The van der Waals surface area contributed by atoms with Crippen molar-refractivity contribution < 1.29 is 9.63 Å². The maximum absolute atomic E-state index is 12.8. The molecule has 0 spiro atoms. The first-order valence-corrected chi connectivity index (χ1v) is 9.51. The Labute approximate surface area is 170 Å². The predicted molar refractivity (Wildman–Crippen MR) is 106 cm³/mol. The Morgan fingerprint density at radius 2 is 2.03 bits per heavy atom. The number of rotatable bonds is 6. The van der Waals surface area contributed by atoms with Gasteiger partial charge in [0.2, 0.25) is 5.89 Å². The van der Waals surface area contributed by atoms with E-state index in [1.54, 1.807) is 28.9 Å². The summed E-state index contributed by atoms with van der Waals surface area (Å²) in [5, 5.41) is 19.6. The van der Waals surface area contributed by atoms with E-state index in [0.717, 1.165) is 5.69 Å². The maximum Gasteiger partial charge on any atom is 0.265 e. The minimum absolute atomic E-state index is 0.0859. The molecule has 29 heavy (non-hydrogen) atoms. The van der Waals surface area contributed by atoms with Gasteiger partial charge in [0.15, 0.2) is 11.5 Å². The summed E-state index contributed by atoms with van der Waals surface area (Å²) < 4.78 is 8.40. The van der Waals surface area contributed by atoms with Gasteiger partial charge in [-0.05, 0) is 31.5 Å². The van der Waals surface area contributed by atoms with Crippen molar-refractivity contribution in [2.75, 3.05) is 0 Å². The number of aryl methyl sites for hydroxylation is 2. The van der Waals surface area contributed by atoms with Gasteiger partial charge in [-0.1, -0.05) is 28.9 Å². The monoisotopic (exact) mass is 414 g/mol. The van der Waals surface area contributed by atoms with Crippen molar-refractivity contribution in [3.05, 3.63) is 68.9 Å². The zero-order chi connectivity index (χ0) is 20.5. The zero-order valence-corrected chi connectivity index (χ0v) is 16.7. The third kappa shape index (κ3) is 3.79. The van der Waals surface area contributed by atoms with Gasteiger partial charge >= 0.3 is 0 Å². The topological polar surface area (TPSA) is 112 Å². The fraction of sp³-hybridized carbons (Fsp3) is 0.316. The molecule has 1 aromatic carbocycles. The van der Waals surface area contributed by atoms with E-state index in [1.807, 2.05) is 13.8 Å². The van der Waals surface area contributed by atoms with Gasteiger partial charge in [0, 0.05) is 18.0 Å². The Hall–Kier alpha value is -3.04. The maximum atomic E-state index is 12.8. The van der Waals surface area contributed by atoms with Gasteiger partial charge < -0.3 is 9.63 Å².